The minimum Gasteiger partial charge on any atom is -0.377 e. The normalized spacial score (nSPS) is 13.2. The highest BCUT2D eigenvalue weighted by Gasteiger charge is 2.28. The van der Waals surface area contributed by atoms with E-state index in [-0.39, 0.29) is 54.5 Å². The van der Waals surface area contributed by atoms with Gasteiger partial charge in [-0.15, -0.1) is 6.58 Å². The van der Waals surface area contributed by atoms with Crippen LogP contribution in [0, 0.1) is 19.3 Å². The van der Waals surface area contributed by atoms with E-state index in [9.17, 15) is 19.2 Å². The summed E-state index contributed by atoms with van der Waals surface area (Å²) < 4.78 is 24.2. The van der Waals surface area contributed by atoms with E-state index in [4.69, 9.17) is 18.9 Å². The zero-order chi connectivity index (χ0) is 42.1. The minimum atomic E-state index is -0.290. The maximum absolute atomic E-state index is 13.6. The van der Waals surface area contributed by atoms with Crippen LogP contribution in [0.4, 0.5) is 0 Å². The SMILES string of the molecule is C=CCC(CC)(CC)CC(=O)NCCOCCOCCOCCOCC(=O)N1CC=C(c2cc(C(=O)NCc3c(C)cc(C)[nH]c3=O)c3cnn(C(C)C)c3c2)CC1. The molecule has 0 saturated heterocycles. The van der Waals surface area contributed by atoms with Crippen LogP contribution in [-0.2, 0) is 35.1 Å². The Labute approximate surface area is 342 Å². The van der Waals surface area contributed by atoms with Gasteiger partial charge in [0, 0.05) is 55.3 Å². The number of aryl methyl sites for hydroxylation is 2. The molecule has 4 rings (SSSR count). The fraction of sp³-hybridized carbons (Fsp3) is 0.568. The second-order valence-corrected chi connectivity index (χ2v) is 15.2. The molecule has 0 saturated carbocycles. The van der Waals surface area contributed by atoms with Gasteiger partial charge in [-0.05, 0) is 93.7 Å². The monoisotopic (exact) mass is 804 g/mol. The number of pyridine rings is 1. The van der Waals surface area contributed by atoms with Crippen molar-refractivity contribution in [2.24, 2.45) is 5.41 Å². The Morgan fingerprint density at radius 1 is 0.966 bits per heavy atom. The molecule has 0 fully saturated rings. The number of H-pyrrole nitrogens is 1. The highest BCUT2D eigenvalue weighted by atomic mass is 16.6. The van der Waals surface area contributed by atoms with Crippen molar-refractivity contribution in [2.75, 3.05) is 72.5 Å². The predicted octanol–water partition coefficient (Wildman–Crippen LogP) is 5.42. The Hall–Kier alpha value is -4.63. The van der Waals surface area contributed by atoms with Crippen LogP contribution in [0.25, 0.3) is 16.5 Å². The van der Waals surface area contributed by atoms with Crippen LogP contribution in [0.2, 0.25) is 0 Å². The number of benzene rings is 1. The summed E-state index contributed by atoms with van der Waals surface area (Å²) in [5.74, 6) is -0.349. The molecule has 0 bridgehead atoms. The molecule has 2 aromatic heterocycles. The van der Waals surface area contributed by atoms with Crippen molar-refractivity contribution in [1.82, 2.24) is 30.3 Å². The van der Waals surface area contributed by atoms with Crippen molar-refractivity contribution in [2.45, 2.75) is 86.2 Å². The van der Waals surface area contributed by atoms with E-state index in [1.54, 1.807) is 11.1 Å². The van der Waals surface area contributed by atoms with E-state index in [1.165, 1.54) is 0 Å². The number of hydrogen-bond acceptors (Lipinski definition) is 9. The number of ether oxygens (including phenoxy) is 4. The topological polar surface area (TPSA) is 166 Å². The molecule has 318 valence electrons. The molecule has 3 N–H and O–H groups in total. The molecule has 3 heterocycles. The van der Waals surface area contributed by atoms with Gasteiger partial charge >= 0.3 is 0 Å². The average Bonchev–Trinajstić information content (AvgIpc) is 3.64. The summed E-state index contributed by atoms with van der Waals surface area (Å²) in [6.07, 6.45) is 9.46. The number of aromatic nitrogens is 3. The molecule has 0 radical (unpaired) electrons. The number of nitrogens with one attached hydrogen (secondary N) is 3. The number of aromatic amines is 1. The lowest BCUT2D eigenvalue weighted by Crippen LogP contribution is -2.37. The number of nitrogens with zero attached hydrogens (tertiary/aromatic N) is 3. The summed E-state index contributed by atoms with van der Waals surface area (Å²) in [4.78, 5) is 56.1. The van der Waals surface area contributed by atoms with E-state index in [2.05, 4.69) is 47.2 Å². The van der Waals surface area contributed by atoms with Gasteiger partial charge in [0.05, 0.1) is 63.5 Å². The third kappa shape index (κ3) is 13.2. The first kappa shape index (κ1) is 46.1. The molecule has 0 aliphatic carbocycles. The van der Waals surface area contributed by atoms with Gasteiger partial charge in [-0.3, -0.25) is 23.9 Å². The first-order chi connectivity index (χ1) is 27.9. The summed E-state index contributed by atoms with van der Waals surface area (Å²) in [6, 6.07) is 5.90. The maximum atomic E-state index is 13.6. The second kappa shape index (κ2) is 23.1. The first-order valence-electron chi connectivity index (χ1n) is 20.6. The smallest absolute Gasteiger partial charge is 0.253 e. The van der Waals surface area contributed by atoms with E-state index in [0.717, 1.165) is 52.6 Å². The van der Waals surface area contributed by atoms with Crippen LogP contribution >= 0.6 is 0 Å². The van der Waals surface area contributed by atoms with Gasteiger partial charge in [0.25, 0.3) is 11.5 Å². The standard InChI is InChI=1S/C44H64N6O8/c1-8-13-44(9-2,10-3)27-40(51)45-14-17-55-18-19-56-20-21-57-22-23-58-30-41(52)49-15-11-34(12-16-49)35-25-36(38-29-47-50(31(4)5)39(38)26-35)42(53)46-28-37-32(6)24-33(7)48-43(37)54/h8,11,24-26,29,31H,1,9-10,12-23,27-28,30H2,2-7H3,(H,45,51)(H,46,53)(H,48,54). The fourth-order valence-corrected chi connectivity index (χ4v) is 7.20. The highest BCUT2D eigenvalue weighted by molar-refractivity contribution is 6.07. The van der Waals surface area contributed by atoms with Crippen molar-refractivity contribution in [3.8, 4) is 0 Å². The van der Waals surface area contributed by atoms with Gasteiger partial charge in [-0.2, -0.15) is 5.10 Å². The van der Waals surface area contributed by atoms with Crippen LogP contribution < -0.4 is 16.2 Å². The van der Waals surface area contributed by atoms with Crippen molar-refractivity contribution < 1.29 is 33.3 Å². The summed E-state index contributed by atoms with van der Waals surface area (Å²) >= 11 is 0. The van der Waals surface area contributed by atoms with Gasteiger partial charge in [-0.1, -0.05) is 26.0 Å². The van der Waals surface area contributed by atoms with Gasteiger partial charge < -0.3 is 39.5 Å². The van der Waals surface area contributed by atoms with Gasteiger partial charge in [-0.25, -0.2) is 0 Å². The number of allylic oxidation sites excluding steroid dienone is 1. The summed E-state index contributed by atoms with van der Waals surface area (Å²) in [7, 11) is 0. The summed E-state index contributed by atoms with van der Waals surface area (Å²) in [5, 5.41) is 11.2. The molecule has 14 heteroatoms. The second-order valence-electron chi connectivity index (χ2n) is 15.2. The van der Waals surface area contributed by atoms with Crippen LogP contribution in [0.15, 0.2) is 47.9 Å². The van der Waals surface area contributed by atoms with Crippen LogP contribution in [0.1, 0.15) is 98.6 Å². The number of hydrogen-bond donors (Lipinski definition) is 3. The number of rotatable bonds is 25. The number of fused-ring (bicyclic) bond motifs is 1. The number of carbonyl (C=O) groups excluding carboxylic acids is 3. The Balaban J connectivity index is 1.13. The molecule has 0 unspecified atom stereocenters. The Bertz CT molecular complexity index is 1930. The third-order valence-electron chi connectivity index (χ3n) is 10.8. The molecule has 0 atom stereocenters. The quantitative estimate of drug-likeness (QED) is 0.0749. The molecular formula is C44H64N6O8. The van der Waals surface area contributed by atoms with Crippen LogP contribution in [0.3, 0.4) is 0 Å². The summed E-state index contributed by atoms with van der Waals surface area (Å²) in [6.45, 7) is 20.0. The third-order valence-corrected chi connectivity index (χ3v) is 10.8. The van der Waals surface area contributed by atoms with Crippen LogP contribution in [0.5, 0.6) is 0 Å². The molecule has 3 aromatic rings. The van der Waals surface area contributed by atoms with Crippen molar-refractivity contribution in [1.29, 1.82) is 0 Å². The van der Waals surface area contributed by atoms with E-state index in [1.807, 2.05) is 56.7 Å². The molecule has 1 aromatic carbocycles. The number of amides is 3. The lowest BCUT2D eigenvalue weighted by molar-refractivity contribution is -0.136. The molecule has 58 heavy (non-hydrogen) atoms. The maximum Gasteiger partial charge on any atom is 0.253 e. The van der Waals surface area contributed by atoms with Gasteiger partial charge in [0.2, 0.25) is 11.8 Å². The molecular weight excluding hydrogens is 741 g/mol. The molecule has 0 spiro atoms. The first-order valence-corrected chi connectivity index (χ1v) is 20.6. The van der Waals surface area contributed by atoms with E-state index in [0.29, 0.717) is 83.2 Å². The predicted molar refractivity (Wildman–Crippen MR) is 226 cm³/mol. The number of carbonyl (C=O) groups is 3. The molecule has 3 amide bonds. The lowest BCUT2D eigenvalue weighted by atomic mass is 9.76. The molecule has 1 aliphatic heterocycles. The highest BCUT2D eigenvalue weighted by Crippen LogP contribution is 2.35. The molecule has 14 nitrogen and oxygen atoms in total. The van der Waals surface area contributed by atoms with Gasteiger partial charge in [0.1, 0.15) is 6.61 Å². The molecule has 1 aliphatic rings. The van der Waals surface area contributed by atoms with Crippen molar-refractivity contribution in [3.63, 3.8) is 0 Å². The lowest BCUT2D eigenvalue weighted by Gasteiger charge is -2.29. The van der Waals surface area contributed by atoms with Gasteiger partial charge in [0.15, 0.2) is 0 Å². The van der Waals surface area contributed by atoms with E-state index < -0.39 is 0 Å². The van der Waals surface area contributed by atoms with Crippen molar-refractivity contribution in [3.05, 3.63) is 81.4 Å². The minimum absolute atomic E-state index is 0.0222. The van der Waals surface area contributed by atoms with Crippen molar-refractivity contribution >= 4 is 34.2 Å². The fourth-order valence-electron chi connectivity index (χ4n) is 7.20. The Kier molecular flexibility index (Phi) is 18.3. The Morgan fingerprint density at radius 2 is 1.64 bits per heavy atom. The zero-order valence-corrected chi connectivity index (χ0v) is 35.4. The largest absolute Gasteiger partial charge is 0.377 e. The zero-order valence-electron chi connectivity index (χ0n) is 35.4. The Morgan fingerprint density at radius 3 is 2.24 bits per heavy atom. The average molecular weight is 805 g/mol. The van der Waals surface area contributed by atoms with Crippen LogP contribution in [-0.4, -0.2) is 110 Å². The summed E-state index contributed by atoms with van der Waals surface area (Å²) in [5.41, 5.74) is 5.14. The van der Waals surface area contributed by atoms with E-state index >= 15 is 0 Å².